The molecule has 0 aliphatic carbocycles. The summed E-state index contributed by atoms with van der Waals surface area (Å²) in [5.74, 6) is -0.366. The van der Waals surface area contributed by atoms with Gasteiger partial charge in [-0.1, -0.05) is 12.1 Å². The van der Waals surface area contributed by atoms with Crippen molar-refractivity contribution in [1.29, 1.82) is 5.26 Å². The van der Waals surface area contributed by atoms with E-state index in [1.165, 1.54) is 12.1 Å². The first-order valence-corrected chi connectivity index (χ1v) is 9.47. The predicted molar refractivity (Wildman–Crippen MR) is 97.8 cm³/mol. The molecule has 0 saturated carbocycles. The molecule has 3 atom stereocenters. The summed E-state index contributed by atoms with van der Waals surface area (Å²) in [7, 11) is 0. The number of benzene rings is 1. The van der Waals surface area contributed by atoms with E-state index in [1.54, 1.807) is 15.9 Å². The molecule has 1 unspecified atom stereocenters. The molecule has 6 nitrogen and oxygen atoms in total. The molecule has 2 aliphatic rings. The zero-order valence-electron chi connectivity index (χ0n) is 15.5. The molecule has 1 aromatic rings. The van der Waals surface area contributed by atoms with Crippen molar-refractivity contribution in [2.75, 3.05) is 13.1 Å². The number of amides is 2. The first kappa shape index (κ1) is 19.3. The van der Waals surface area contributed by atoms with Crippen LogP contribution in [0.3, 0.4) is 0 Å². The van der Waals surface area contributed by atoms with Crippen LogP contribution in [0.1, 0.15) is 38.2 Å². The normalized spacial score (nSPS) is 25.1. The van der Waals surface area contributed by atoms with Gasteiger partial charge in [0.2, 0.25) is 11.8 Å². The van der Waals surface area contributed by atoms with E-state index in [4.69, 9.17) is 5.26 Å². The lowest BCUT2D eigenvalue weighted by Crippen LogP contribution is -2.41. The van der Waals surface area contributed by atoms with E-state index in [9.17, 15) is 14.0 Å². The quantitative estimate of drug-likeness (QED) is 0.826. The minimum atomic E-state index is -0.327. The highest BCUT2D eigenvalue weighted by Crippen LogP contribution is 2.22. The molecule has 2 aliphatic heterocycles. The number of hydrogen-bond acceptors (Lipinski definition) is 4. The Labute approximate surface area is 158 Å². The summed E-state index contributed by atoms with van der Waals surface area (Å²) >= 11 is 0. The van der Waals surface area contributed by atoms with Crippen LogP contribution in [-0.2, 0) is 16.1 Å². The van der Waals surface area contributed by atoms with Crippen molar-refractivity contribution < 1.29 is 14.0 Å². The zero-order chi connectivity index (χ0) is 19.4. The van der Waals surface area contributed by atoms with Crippen LogP contribution < -0.4 is 5.32 Å². The monoisotopic (exact) mass is 372 g/mol. The van der Waals surface area contributed by atoms with Crippen molar-refractivity contribution in [2.45, 2.75) is 57.3 Å². The summed E-state index contributed by atoms with van der Waals surface area (Å²) in [6.07, 6.45) is 2.54. The molecule has 144 valence electrons. The molecule has 1 N–H and O–H groups in total. The molecule has 3 rings (SSSR count). The Kier molecular flexibility index (Phi) is 6.07. The first-order chi connectivity index (χ1) is 13.0. The molecule has 2 heterocycles. The van der Waals surface area contributed by atoms with Crippen LogP contribution in [-0.4, -0.2) is 52.8 Å². The third-order valence-corrected chi connectivity index (χ3v) is 5.38. The average molecular weight is 372 g/mol. The molecular formula is C20H25FN4O2. The highest BCUT2D eigenvalue weighted by Gasteiger charge is 2.37. The summed E-state index contributed by atoms with van der Waals surface area (Å²) in [4.78, 5) is 28.3. The van der Waals surface area contributed by atoms with Gasteiger partial charge < -0.3 is 15.1 Å². The van der Waals surface area contributed by atoms with Gasteiger partial charge in [0, 0.05) is 32.1 Å². The fourth-order valence-electron chi connectivity index (χ4n) is 3.92. The summed E-state index contributed by atoms with van der Waals surface area (Å²) in [5.41, 5.74) is 0.766. The second-order valence-electron chi connectivity index (χ2n) is 7.31. The number of nitrogens with one attached hydrogen (secondary N) is 1. The van der Waals surface area contributed by atoms with Gasteiger partial charge in [0.25, 0.3) is 0 Å². The van der Waals surface area contributed by atoms with Crippen LogP contribution in [0.5, 0.6) is 0 Å². The predicted octanol–water partition coefficient (Wildman–Crippen LogP) is 1.81. The summed E-state index contributed by atoms with van der Waals surface area (Å²) in [6, 6.07) is 7.87. The van der Waals surface area contributed by atoms with Crippen molar-refractivity contribution in [2.24, 2.45) is 0 Å². The minimum Gasteiger partial charge on any atom is -0.334 e. The molecule has 2 saturated heterocycles. The van der Waals surface area contributed by atoms with E-state index in [2.05, 4.69) is 11.4 Å². The second kappa shape index (κ2) is 8.49. The molecule has 2 fully saturated rings. The Morgan fingerprint density at radius 1 is 1.44 bits per heavy atom. The number of carbonyl (C=O) groups excluding carboxylic acids is 2. The zero-order valence-corrected chi connectivity index (χ0v) is 15.5. The molecule has 27 heavy (non-hydrogen) atoms. The number of likely N-dealkylation sites (tertiary alicyclic amines) is 2. The maximum absolute atomic E-state index is 13.4. The maximum atomic E-state index is 13.4. The van der Waals surface area contributed by atoms with Gasteiger partial charge in [0.1, 0.15) is 11.9 Å². The molecule has 1 aromatic carbocycles. The third-order valence-electron chi connectivity index (χ3n) is 5.38. The fraction of sp³-hybridized carbons (Fsp3) is 0.550. The number of halogens is 1. The van der Waals surface area contributed by atoms with Crippen LogP contribution in [0.4, 0.5) is 4.39 Å². The number of rotatable bonds is 6. The van der Waals surface area contributed by atoms with Crippen LogP contribution in [0.2, 0.25) is 0 Å². The Hall–Kier alpha value is -2.46. The Morgan fingerprint density at radius 3 is 3.00 bits per heavy atom. The number of nitrogens with zero attached hydrogens (tertiary/aromatic N) is 3. The van der Waals surface area contributed by atoms with Crippen molar-refractivity contribution in [1.82, 2.24) is 15.1 Å². The standard InChI is InChI=1S/C20H25FN4O2/c1-14-10-18(20(27)25(14)13-15-4-2-5-16(21)11-15)23-8-7-19(26)24-9-3-6-17(24)12-22/h2,4-5,11,14,17-18,23H,3,6-10,13H2,1H3/t14-,17?,18+/m1/s1. The van der Waals surface area contributed by atoms with E-state index >= 15 is 0 Å². The fourth-order valence-corrected chi connectivity index (χ4v) is 3.92. The van der Waals surface area contributed by atoms with Crippen molar-refractivity contribution in [3.8, 4) is 6.07 Å². The van der Waals surface area contributed by atoms with Crippen LogP contribution in [0.15, 0.2) is 24.3 Å². The van der Waals surface area contributed by atoms with Gasteiger partial charge in [0.15, 0.2) is 0 Å². The second-order valence-corrected chi connectivity index (χ2v) is 7.31. The average Bonchev–Trinajstić information content (AvgIpc) is 3.22. The number of carbonyl (C=O) groups is 2. The van der Waals surface area contributed by atoms with Gasteiger partial charge in [-0.2, -0.15) is 5.26 Å². The van der Waals surface area contributed by atoms with E-state index in [0.717, 1.165) is 18.4 Å². The number of hydrogen-bond donors (Lipinski definition) is 1. The van der Waals surface area contributed by atoms with E-state index in [-0.39, 0.29) is 42.2 Å². The Balaban J connectivity index is 1.49. The summed E-state index contributed by atoms with van der Waals surface area (Å²) in [6.45, 7) is 3.40. The lowest BCUT2D eigenvalue weighted by atomic mass is 10.1. The van der Waals surface area contributed by atoms with Gasteiger partial charge >= 0.3 is 0 Å². The van der Waals surface area contributed by atoms with Gasteiger partial charge in [-0.15, -0.1) is 0 Å². The number of nitriles is 1. The smallest absolute Gasteiger partial charge is 0.240 e. The first-order valence-electron chi connectivity index (χ1n) is 9.47. The molecule has 2 amide bonds. The molecule has 0 bridgehead atoms. The van der Waals surface area contributed by atoms with Crippen LogP contribution in [0.25, 0.3) is 0 Å². The van der Waals surface area contributed by atoms with Crippen molar-refractivity contribution in [3.05, 3.63) is 35.6 Å². The topological polar surface area (TPSA) is 76.4 Å². The molecule has 0 spiro atoms. The SMILES string of the molecule is C[C@@H]1C[C@H](NCCC(=O)N2CCCC2C#N)C(=O)N1Cc1cccc(F)c1. The van der Waals surface area contributed by atoms with Crippen molar-refractivity contribution in [3.63, 3.8) is 0 Å². The minimum absolute atomic E-state index is 0.0183. The lowest BCUT2D eigenvalue weighted by molar-refractivity contribution is -0.132. The Morgan fingerprint density at radius 2 is 2.26 bits per heavy atom. The molecular weight excluding hydrogens is 347 g/mol. The van der Waals surface area contributed by atoms with Crippen molar-refractivity contribution >= 4 is 11.8 Å². The van der Waals surface area contributed by atoms with E-state index in [0.29, 0.717) is 26.1 Å². The molecule has 0 radical (unpaired) electrons. The van der Waals surface area contributed by atoms with Crippen LogP contribution in [0, 0.1) is 17.1 Å². The summed E-state index contributed by atoms with van der Waals surface area (Å²) in [5, 5.41) is 12.3. The van der Waals surface area contributed by atoms with Gasteiger partial charge in [0.05, 0.1) is 12.1 Å². The molecule has 0 aromatic heterocycles. The highest BCUT2D eigenvalue weighted by atomic mass is 19.1. The largest absolute Gasteiger partial charge is 0.334 e. The van der Waals surface area contributed by atoms with Gasteiger partial charge in [-0.3, -0.25) is 9.59 Å². The van der Waals surface area contributed by atoms with Gasteiger partial charge in [-0.25, -0.2) is 4.39 Å². The van der Waals surface area contributed by atoms with E-state index in [1.807, 2.05) is 13.0 Å². The lowest BCUT2D eigenvalue weighted by Gasteiger charge is -2.22. The summed E-state index contributed by atoms with van der Waals surface area (Å²) < 4.78 is 13.4. The molecule has 7 heteroatoms. The van der Waals surface area contributed by atoms with E-state index < -0.39 is 0 Å². The Bertz CT molecular complexity index is 748. The third kappa shape index (κ3) is 4.45. The highest BCUT2D eigenvalue weighted by molar-refractivity contribution is 5.84. The van der Waals surface area contributed by atoms with Gasteiger partial charge in [-0.05, 0) is 43.9 Å². The maximum Gasteiger partial charge on any atom is 0.240 e. The van der Waals surface area contributed by atoms with Crippen LogP contribution >= 0.6 is 0 Å².